The smallest absolute Gasteiger partial charge is 0.348 e. The van der Waals surface area contributed by atoms with Crippen molar-refractivity contribution in [1.29, 1.82) is 0 Å². The number of ether oxygens (including phenoxy) is 2. The van der Waals surface area contributed by atoms with Crippen LogP contribution in [0.5, 0.6) is 11.5 Å². The Hall–Kier alpha value is -2.80. The summed E-state index contributed by atoms with van der Waals surface area (Å²) in [5.41, 5.74) is 2.08. The summed E-state index contributed by atoms with van der Waals surface area (Å²) >= 11 is 0. The van der Waals surface area contributed by atoms with Gasteiger partial charge in [-0.25, -0.2) is 4.79 Å². The Morgan fingerprint density at radius 1 is 1.28 bits per heavy atom. The Morgan fingerprint density at radius 3 is 2.52 bits per heavy atom. The number of aromatic nitrogens is 2. The molecule has 156 valence electrons. The van der Waals surface area contributed by atoms with Gasteiger partial charge in [0.15, 0.2) is 11.5 Å². The van der Waals surface area contributed by atoms with Crippen molar-refractivity contribution >= 4 is 5.97 Å². The van der Waals surface area contributed by atoms with Crippen molar-refractivity contribution in [2.45, 2.75) is 45.4 Å². The molecule has 0 spiro atoms. The number of aryl methyl sites for hydroxylation is 1. The molecule has 1 fully saturated rings. The summed E-state index contributed by atoms with van der Waals surface area (Å²) in [6, 6.07) is 7.16. The van der Waals surface area contributed by atoms with Gasteiger partial charge in [0.25, 0.3) is 0 Å². The van der Waals surface area contributed by atoms with Crippen LogP contribution in [0, 0.1) is 13.8 Å². The molecule has 1 aliphatic heterocycles. The van der Waals surface area contributed by atoms with E-state index in [9.17, 15) is 9.90 Å². The zero-order valence-electron chi connectivity index (χ0n) is 17.4. The Morgan fingerprint density at radius 2 is 1.93 bits per heavy atom. The lowest BCUT2D eigenvalue weighted by Crippen LogP contribution is -2.53. The second-order valence-corrected chi connectivity index (χ2v) is 7.45. The number of likely N-dealkylation sites (tertiary alicyclic amines) is 1. The van der Waals surface area contributed by atoms with Gasteiger partial charge >= 0.3 is 5.97 Å². The molecular formula is C22H29N3O4. The fourth-order valence-electron chi connectivity index (χ4n) is 3.83. The van der Waals surface area contributed by atoms with Gasteiger partial charge in [0, 0.05) is 43.7 Å². The van der Waals surface area contributed by atoms with Gasteiger partial charge in [-0.05, 0) is 26.0 Å². The van der Waals surface area contributed by atoms with Gasteiger partial charge in [0.05, 0.1) is 19.3 Å². The number of nitrogens with zero attached hydrogens (tertiary/aromatic N) is 3. The molecule has 29 heavy (non-hydrogen) atoms. The number of allylic oxidation sites excluding steroid dienone is 1. The first kappa shape index (κ1) is 20.9. The number of piperidine rings is 1. The van der Waals surface area contributed by atoms with Crippen molar-refractivity contribution in [3.8, 4) is 11.5 Å². The summed E-state index contributed by atoms with van der Waals surface area (Å²) in [6.07, 6.45) is 2.64. The first-order valence-electron chi connectivity index (χ1n) is 9.81. The van der Waals surface area contributed by atoms with Gasteiger partial charge in [-0.3, -0.25) is 9.58 Å². The number of para-hydroxylation sites is 2. The van der Waals surface area contributed by atoms with Crippen molar-refractivity contribution in [3.63, 3.8) is 0 Å². The number of hydrogen-bond acceptors (Lipinski definition) is 5. The lowest BCUT2D eigenvalue weighted by molar-refractivity contribution is -0.160. The van der Waals surface area contributed by atoms with Crippen LogP contribution in [-0.4, -0.2) is 51.6 Å². The minimum Gasteiger partial charge on any atom is -0.493 e. The molecule has 3 rings (SSSR count). The molecular weight excluding hydrogens is 370 g/mol. The van der Waals surface area contributed by atoms with Crippen LogP contribution in [-0.2, 0) is 17.9 Å². The number of methoxy groups -OCH3 is 1. The van der Waals surface area contributed by atoms with E-state index < -0.39 is 11.6 Å². The molecule has 7 nitrogen and oxygen atoms in total. The van der Waals surface area contributed by atoms with Crippen LogP contribution >= 0.6 is 0 Å². The monoisotopic (exact) mass is 399 g/mol. The number of carboxylic acids is 1. The largest absolute Gasteiger partial charge is 0.493 e. The second kappa shape index (κ2) is 8.69. The molecule has 7 heteroatoms. The van der Waals surface area contributed by atoms with E-state index in [1.54, 1.807) is 19.2 Å². The molecule has 0 radical (unpaired) electrons. The van der Waals surface area contributed by atoms with Gasteiger partial charge in [-0.15, -0.1) is 6.58 Å². The van der Waals surface area contributed by atoms with E-state index in [0.29, 0.717) is 44.0 Å². The number of carbonyl (C=O) groups is 1. The SMILES string of the molecule is C=CCn1nc(C)c(CN2CCC(Oc3ccccc3OC)(C(=O)O)CC2)c1C. The molecule has 0 amide bonds. The maximum Gasteiger partial charge on any atom is 0.348 e. The van der Waals surface area contributed by atoms with Crippen molar-refractivity contribution in [2.75, 3.05) is 20.2 Å². The van der Waals surface area contributed by atoms with Crippen LogP contribution < -0.4 is 9.47 Å². The normalized spacial score (nSPS) is 16.4. The standard InChI is InChI=1S/C22H29N3O4/c1-5-12-25-17(3)18(16(2)23-25)15-24-13-10-22(11-14-24,21(26)27)29-20-9-7-6-8-19(20)28-4/h5-9H,1,10-15H2,2-4H3,(H,26,27). The van der Waals surface area contributed by atoms with Gasteiger partial charge in [-0.2, -0.15) is 5.10 Å². The third kappa shape index (κ3) is 4.29. The van der Waals surface area contributed by atoms with Gasteiger partial charge < -0.3 is 14.6 Å². The Balaban J connectivity index is 1.72. The fourth-order valence-corrected chi connectivity index (χ4v) is 3.83. The quantitative estimate of drug-likeness (QED) is 0.687. The highest BCUT2D eigenvalue weighted by Gasteiger charge is 2.44. The zero-order valence-corrected chi connectivity index (χ0v) is 17.4. The third-order valence-corrected chi connectivity index (χ3v) is 5.64. The van der Waals surface area contributed by atoms with E-state index in [4.69, 9.17) is 9.47 Å². The van der Waals surface area contributed by atoms with Crippen LogP contribution in [0.4, 0.5) is 0 Å². The lowest BCUT2D eigenvalue weighted by atomic mass is 9.90. The summed E-state index contributed by atoms with van der Waals surface area (Å²) in [6.45, 7) is 10.6. The van der Waals surface area contributed by atoms with Crippen LogP contribution in [0.15, 0.2) is 36.9 Å². The van der Waals surface area contributed by atoms with Crippen LogP contribution in [0.1, 0.15) is 29.8 Å². The first-order valence-corrected chi connectivity index (χ1v) is 9.81. The molecule has 1 aromatic carbocycles. The summed E-state index contributed by atoms with van der Waals surface area (Å²) < 4.78 is 13.3. The summed E-state index contributed by atoms with van der Waals surface area (Å²) in [5, 5.41) is 14.5. The molecule has 1 saturated heterocycles. The molecule has 0 bridgehead atoms. The highest BCUT2D eigenvalue weighted by atomic mass is 16.5. The third-order valence-electron chi connectivity index (χ3n) is 5.64. The van der Waals surface area contributed by atoms with E-state index in [1.165, 1.54) is 5.56 Å². The summed E-state index contributed by atoms with van der Waals surface area (Å²) in [5.74, 6) is 0.0638. The van der Waals surface area contributed by atoms with Crippen LogP contribution in [0.25, 0.3) is 0 Å². The number of hydrogen-bond donors (Lipinski definition) is 1. The molecule has 0 atom stereocenters. The molecule has 2 aromatic rings. The Labute approximate surface area is 171 Å². The number of rotatable bonds is 8. The van der Waals surface area contributed by atoms with Crippen molar-refractivity contribution in [3.05, 3.63) is 53.9 Å². The molecule has 1 aromatic heterocycles. The topological polar surface area (TPSA) is 76.8 Å². The van der Waals surface area contributed by atoms with E-state index in [1.807, 2.05) is 29.8 Å². The van der Waals surface area contributed by atoms with Gasteiger partial charge in [0.1, 0.15) is 0 Å². The minimum atomic E-state index is -1.25. The lowest BCUT2D eigenvalue weighted by Gasteiger charge is -2.39. The predicted octanol–water partition coefficient (Wildman–Crippen LogP) is 3.19. The Kier molecular flexibility index (Phi) is 6.27. The van der Waals surface area contributed by atoms with E-state index in [2.05, 4.69) is 23.5 Å². The molecule has 1 aliphatic rings. The van der Waals surface area contributed by atoms with Crippen LogP contribution in [0.3, 0.4) is 0 Å². The van der Waals surface area contributed by atoms with Gasteiger partial charge in [-0.1, -0.05) is 18.2 Å². The number of benzene rings is 1. The van der Waals surface area contributed by atoms with E-state index in [0.717, 1.165) is 17.9 Å². The summed E-state index contributed by atoms with van der Waals surface area (Å²) in [4.78, 5) is 14.4. The maximum absolute atomic E-state index is 12.1. The number of aliphatic carboxylic acids is 1. The van der Waals surface area contributed by atoms with Gasteiger partial charge in [0.2, 0.25) is 5.60 Å². The molecule has 0 unspecified atom stereocenters. The molecule has 0 saturated carbocycles. The number of carboxylic acid groups (broad SMARTS) is 1. The fraction of sp³-hybridized carbons (Fsp3) is 0.455. The minimum absolute atomic E-state index is 0.402. The first-order chi connectivity index (χ1) is 13.9. The van der Waals surface area contributed by atoms with E-state index in [-0.39, 0.29) is 0 Å². The highest BCUT2D eigenvalue weighted by Crippen LogP contribution is 2.35. The van der Waals surface area contributed by atoms with Crippen molar-refractivity contribution in [2.24, 2.45) is 0 Å². The Bertz CT molecular complexity index is 882. The van der Waals surface area contributed by atoms with Crippen molar-refractivity contribution < 1.29 is 19.4 Å². The van der Waals surface area contributed by atoms with Crippen LogP contribution in [0.2, 0.25) is 0 Å². The average Bonchev–Trinajstić information content (AvgIpc) is 2.97. The zero-order chi connectivity index (χ0) is 21.0. The molecule has 0 aliphatic carbocycles. The van der Waals surface area contributed by atoms with E-state index >= 15 is 0 Å². The molecule has 2 heterocycles. The second-order valence-electron chi connectivity index (χ2n) is 7.45. The predicted molar refractivity (Wildman–Crippen MR) is 110 cm³/mol. The maximum atomic E-state index is 12.1. The van der Waals surface area contributed by atoms with Crippen molar-refractivity contribution in [1.82, 2.24) is 14.7 Å². The highest BCUT2D eigenvalue weighted by molar-refractivity contribution is 5.78. The average molecular weight is 399 g/mol. The molecule has 1 N–H and O–H groups in total. The summed E-state index contributed by atoms with van der Waals surface area (Å²) in [7, 11) is 1.55.